The molecule has 1 aromatic heterocycles. The first-order chi connectivity index (χ1) is 8.18. The molecule has 1 amide bonds. The van der Waals surface area contributed by atoms with E-state index in [1.165, 1.54) is 12.3 Å². The van der Waals surface area contributed by atoms with Gasteiger partial charge in [-0.05, 0) is 25.5 Å². The number of pyridine rings is 1. The van der Waals surface area contributed by atoms with E-state index in [9.17, 15) is 9.18 Å². The minimum Gasteiger partial charge on any atom is -0.340 e. The number of carbonyl (C=O) groups is 1. The molecule has 4 nitrogen and oxygen atoms in total. The van der Waals surface area contributed by atoms with Gasteiger partial charge < -0.3 is 10.2 Å². The normalized spacial score (nSPS) is 19.3. The summed E-state index contributed by atoms with van der Waals surface area (Å²) in [6.45, 7) is 1.61. The van der Waals surface area contributed by atoms with E-state index >= 15 is 0 Å². The van der Waals surface area contributed by atoms with Crippen molar-refractivity contribution in [3.05, 3.63) is 29.8 Å². The maximum Gasteiger partial charge on any atom is 0.256 e. The second-order valence-electron chi connectivity index (χ2n) is 4.33. The number of rotatable bonds is 3. The fourth-order valence-corrected chi connectivity index (χ4v) is 2.08. The van der Waals surface area contributed by atoms with Crippen molar-refractivity contribution in [2.75, 3.05) is 20.1 Å². The maximum atomic E-state index is 13.4. The van der Waals surface area contributed by atoms with Gasteiger partial charge in [0.25, 0.3) is 5.91 Å². The van der Waals surface area contributed by atoms with Crippen LogP contribution in [0.4, 0.5) is 4.39 Å². The van der Waals surface area contributed by atoms with Gasteiger partial charge >= 0.3 is 0 Å². The quantitative estimate of drug-likeness (QED) is 0.854. The van der Waals surface area contributed by atoms with Crippen molar-refractivity contribution in [3.8, 4) is 0 Å². The summed E-state index contributed by atoms with van der Waals surface area (Å²) in [5.41, 5.74) is 0.0838. The summed E-state index contributed by atoms with van der Waals surface area (Å²) in [7, 11) is 1.70. The Morgan fingerprint density at radius 1 is 1.71 bits per heavy atom. The zero-order chi connectivity index (χ0) is 12.3. The van der Waals surface area contributed by atoms with Crippen LogP contribution in [0, 0.1) is 5.82 Å². The van der Waals surface area contributed by atoms with Crippen LogP contribution in [0.3, 0.4) is 0 Å². The van der Waals surface area contributed by atoms with E-state index in [0.29, 0.717) is 12.6 Å². The Balaban J connectivity index is 2.01. The molecule has 2 rings (SSSR count). The number of aromatic nitrogens is 1. The molecule has 17 heavy (non-hydrogen) atoms. The molecule has 0 aliphatic carbocycles. The highest BCUT2D eigenvalue weighted by molar-refractivity contribution is 5.94. The topological polar surface area (TPSA) is 45.2 Å². The summed E-state index contributed by atoms with van der Waals surface area (Å²) in [6, 6.07) is 1.74. The number of hydrogen-bond acceptors (Lipinski definition) is 3. The highest BCUT2D eigenvalue weighted by atomic mass is 19.1. The molecule has 5 heteroatoms. The van der Waals surface area contributed by atoms with Gasteiger partial charge in [0, 0.05) is 25.8 Å². The molecule has 1 unspecified atom stereocenters. The fourth-order valence-electron chi connectivity index (χ4n) is 2.08. The molecule has 2 heterocycles. The van der Waals surface area contributed by atoms with Crippen molar-refractivity contribution in [1.82, 2.24) is 15.2 Å². The lowest BCUT2D eigenvalue weighted by Gasteiger charge is -2.21. The fraction of sp³-hybridized carbons (Fsp3) is 0.500. The number of nitrogens with one attached hydrogen (secondary N) is 1. The summed E-state index contributed by atoms with van der Waals surface area (Å²) in [5, 5.41) is 3.31. The standard InChI is InChI=1S/C12H16FN3O/c1-16(8-9-3-2-5-15-9)12(17)10-4-6-14-7-11(10)13/h4,6-7,9,15H,2-3,5,8H2,1H3. The first kappa shape index (κ1) is 12.0. The number of amides is 1. The molecule has 0 spiro atoms. The predicted octanol–water partition coefficient (Wildman–Crippen LogP) is 1.04. The number of halogens is 1. The molecular weight excluding hydrogens is 221 g/mol. The van der Waals surface area contributed by atoms with Crippen LogP contribution in [-0.4, -0.2) is 42.0 Å². The van der Waals surface area contributed by atoms with E-state index in [1.807, 2.05) is 0 Å². The molecule has 1 N–H and O–H groups in total. The van der Waals surface area contributed by atoms with E-state index in [-0.39, 0.29) is 11.5 Å². The van der Waals surface area contributed by atoms with Crippen molar-refractivity contribution in [2.24, 2.45) is 0 Å². The van der Waals surface area contributed by atoms with Gasteiger partial charge in [-0.1, -0.05) is 0 Å². The van der Waals surface area contributed by atoms with Gasteiger partial charge in [0.2, 0.25) is 0 Å². The van der Waals surface area contributed by atoms with Crippen LogP contribution in [0.15, 0.2) is 18.5 Å². The zero-order valence-corrected chi connectivity index (χ0v) is 9.82. The smallest absolute Gasteiger partial charge is 0.256 e. The van der Waals surface area contributed by atoms with Gasteiger partial charge in [-0.15, -0.1) is 0 Å². The summed E-state index contributed by atoms with van der Waals surface area (Å²) in [6.07, 6.45) is 4.69. The van der Waals surface area contributed by atoms with Crippen LogP contribution in [0.25, 0.3) is 0 Å². The molecule has 1 aliphatic heterocycles. The highest BCUT2D eigenvalue weighted by Crippen LogP contribution is 2.11. The summed E-state index contributed by atoms with van der Waals surface area (Å²) < 4.78 is 13.4. The molecule has 0 bridgehead atoms. The Kier molecular flexibility index (Phi) is 3.68. The second kappa shape index (κ2) is 5.23. The van der Waals surface area contributed by atoms with Gasteiger partial charge in [0.15, 0.2) is 5.82 Å². The molecule has 0 aromatic carbocycles. The lowest BCUT2D eigenvalue weighted by Crippen LogP contribution is -2.38. The lowest BCUT2D eigenvalue weighted by molar-refractivity contribution is 0.0779. The SMILES string of the molecule is CN(CC1CCCN1)C(=O)c1ccncc1F. The molecule has 1 atom stereocenters. The minimum atomic E-state index is -0.566. The lowest BCUT2D eigenvalue weighted by atomic mass is 10.2. The summed E-state index contributed by atoms with van der Waals surface area (Å²) in [5.74, 6) is -0.859. The van der Waals surface area contributed by atoms with Crippen molar-refractivity contribution in [1.29, 1.82) is 0 Å². The van der Waals surface area contributed by atoms with Crippen molar-refractivity contribution in [3.63, 3.8) is 0 Å². The van der Waals surface area contributed by atoms with E-state index in [1.54, 1.807) is 11.9 Å². The van der Waals surface area contributed by atoms with E-state index in [4.69, 9.17) is 0 Å². The van der Waals surface area contributed by atoms with Crippen LogP contribution >= 0.6 is 0 Å². The molecule has 0 saturated carbocycles. The summed E-state index contributed by atoms with van der Waals surface area (Å²) >= 11 is 0. The van der Waals surface area contributed by atoms with Crippen LogP contribution in [0.1, 0.15) is 23.2 Å². The molecule has 1 fully saturated rings. The van der Waals surface area contributed by atoms with Crippen LogP contribution in [-0.2, 0) is 0 Å². The third-order valence-corrected chi connectivity index (χ3v) is 3.01. The number of nitrogens with zero attached hydrogens (tertiary/aromatic N) is 2. The van der Waals surface area contributed by atoms with Gasteiger partial charge in [-0.2, -0.15) is 0 Å². The predicted molar refractivity (Wildman–Crippen MR) is 62.2 cm³/mol. The Labute approximate surface area is 99.8 Å². The minimum absolute atomic E-state index is 0.0838. The Bertz CT molecular complexity index is 404. The van der Waals surface area contributed by atoms with Gasteiger partial charge in [-0.3, -0.25) is 9.78 Å². The first-order valence-electron chi connectivity index (χ1n) is 5.77. The van der Waals surface area contributed by atoms with Gasteiger partial charge in [0.05, 0.1) is 11.8 Å². The Morgan fingerprint density at radius 3 is 3.18 bits per heavy atom. The second-order valence-corrected chi connectivity index (χ2v) is 4.33. The Morgan fingerprint density at radius 2 is 2.53 bits per heavy atom. The average molecular weight is 237 g/mol. The third-order valence-electron chi connectivity index (χ3n) is 3.01. The molecule has 92 valence electrons. The zero-order valence-electron chi connectivity index (χ0n) is 9.82. The molecular formula is C12H16FN3O. The number of hydrogen-bond donors (Lipinski definition) is 1. The highest BCUT2D eigenvalue weighted by Gasteiger charge is 2.21. The Hall–Kier alpha value is -1.49. The molecule has 1 aliphatic rings. The van der Waals surface area contributed by atoms with E-state index < -0.39 is 5.82 Å². The van der Waals surface area contributed by atoms with E-state index in [0.717, 1.165) is 25.6 Å². The number of carbonyl (C=O) groups excluding carboxylic acids is 1. The molecule has 1 aromatic rings. The summed E-state index contributed by atoms with van der Waals surface area (Å²) in [4.78, 5) is 17.2. The van der Waals surface area contributed by atoms with E-state index in [2.05, 4.69) is 10.3 Å². The van der Waals surface area contributed by atoms with Gasteiger partial charge in [0.1, 0.15) is 0 Å². The van der Waals surface area contributed by atoms with Crippen LogP contribution in [0.5, 0.6) is 0 Å². The van der Waals surface area contributed by atoms with Crippen molar-refractivity contribution < 1.29 is 9.18 Å². The molecule has 0 radical (unpaired) electrons. The maximum absolute atomic E-state index is 13.4. The first-order valence-corrected chi connectivity index (χ1v) is 5.77. The van der Waals surface area contributed by atoms with Crippen molar-refractivity contribution in [2.45, 2.75) is 18.9 Å². The number of likely N-dealkylation sites (N-methyl/N-ethyl adjacent to an activating group) is 1. The average Bonchev–Trinajstić information content (AvgIpc) is 2.81. The van der Waals surface area contributed by atoms with Gasteiger partial charge in [-0.25, -0.2) is 4.39 Å². The molecule has 1 saturated heterocycles. The van der Waals surface area contributed by atoms with Crippen LogP contribution < -0.4 is 5.32 Å². The van der Waals surface area contributed by atoms with Crippen molar-refractivity contribution >= 4 is 5.91 Å². The third kappa shape index (κ3) is 2.79. The largest absolute Gasteiger partial charge is 0.340 e. The van der Waals surface area contributed by atoms with Crippen LogP contribution in [0.2, 0.25) is 0 Å². The monoisotopic (exact) mass is 237 g/mol.